The van der Waals surface area contributed by atoms with Crippen LogP contribution < -0.4 is 5.73 Å². The van der Waals surface area contributed by atoms with Gasteiger partial charge in [0.15, 0.2) is 0 Å². The predicted molar refractivity (Wildman–Crippen MR) is 47.2 cm³/mol. The Labute approximate surface area is 68.0 Å². The normalized spacial score (nSPS) is 36.2. The van der Waals surface area contributed by atoms with Crippen molar-refractivity contribution in [3.63, 3.8) is 0 Å². The van der Waals surface area contributed by atoms with Crippen molar-refractivity contribution >= 4 is 0 Å². The van der Waals surface area contributed by atoms with Gasteiger partial charge in [0.1, 0.15) is 0 Å². The molecule has 0 spiro atoms. The van der Waals surface area contributed by atoms with Gasteiger partial charge in [0.05, 0.1) is 0 Å². The second kappa shape index (κ2) is 2.49. The van der Waals surface area contributed by atoms with E-state index in [0.717, 1.165) is 6.42 Å². The molecule has 60 valence electrons. The van der Waals surface area contributed by atoms with Crippen molar-refractivity contribution in [3.8, 4) is 0 Å². The molecule has 2 aliphatic carbocycles. The third-order valence-corrected chi connectivity index (χ3v) is 2.96. The average Bonchev–Trinajstić information content (AvgIpc) is 2.30. The molecule has 0 saturated heterocycles. The number of rotatable bonds is 0. The van der Waals surface area contributed by atoms with Gasteiger partial charge in [0.2, 0.25) is 0 Å². The first-order valence-corrected chi connectivity index (χ1v) is 4.43. The Bertz CT molecular complexity index is 225. The molecule has 0 aromatic heterocycles. The summed E-state index contributed by atoms with van der Waals surface area (Å²) in [7, 11) is 0. The Morgan fingerprint density at radius 3 is 3.09 bits per heavy atom. The topological polar surface area (TPSA) is 26.0 Å². The third-order valence-electron chi connectivity index (χ3n) is 2.96. The van der Waals surface area contributed by atoms with Crippen molar-refractivity contribution < 1.29 is 0 Å². The van der Waals surface area contributed by atoms with E-state index in [1.54, 1.807) is 5.57 Å². The summed E-state index contributed by atoms with van der Waals surface area (Å²) < 4.78 is 0. The van der Waals surface area contributed by atoms with Crippen molar-refractivity contribution in [2.75, 3.05) is 0 Å². The van der Waals surface area contributed by atoms with E-state index in [9.17, 15) is 0 Å². The smallest absolute Gasteiger partial charge is 0.0143 e. The SMILES string of the molecule is CC1C2=C(C=CCC2)CC1N. The molecule has 0 amide bonds. The van der Waals surface area contributed by atoms with Gasteiger partial charge in [0.25, 0.3) is 0 Å². The molecule has 0 heterocycles. The Morgan fingerprint density at radius 1 is 1.55 bits per heavy atom. The molecule has 0 saturated carbocycles. The second-order valence-electron chi connectivity index (χ2n) is 3.65. The van der Waals surface area contributed by atoms with Gasteiger partial charge >= 0.3 is 0 Å². The highest BCUT2D eigenvalue weighted by Gasteiger charge is 2.27. The molecule has 0 radical (unpaired) electrons. The highest BCUT2D eigenvalue weighted by Crippen LogP contribution is 2.36. The summed E-state index contributed by atoms with van der Waals surface area (Å²) in [5.41, 5.74) is 9.11. The molecule has 11 heavy (non-hydrogen) atoms. The summed E-state index contributed by atoms with van der Waals surface area (Å²) in [5, 5.41) is 0. The first kappa shape index (κ1) is 7.11. The number of nitrogens with two attached hydrogens (primary N) is 1. The molecule has 1 nitrogen and oxygen atoms in total. The van der Waals surface area contributed by atoms with Crippen LogP contribution in [-0.2, 0) is 0 Å². The average molecular weight is 149 g/mol. The number of hydrogen-bond donors (Lipinski definition) is 1. The largest absolute Gasteiger partial charge is 0.327 e. The fraction of sp³-hybridized carbons (Fsp3) is 0.600. The summed E-state index contributed by atoms with van der Waals surface area (Å²) in [6.07, 6.45) is 8.11. The monoisotopic (exact) mass is 149 g/mol. The minimum absolute atomic E-state index is 0.391. The third kappa shape index (κ3) is 1.04. The van der Waals surface area contributed by atoms with Gasteiger partial charge < -0.3 is 5.73 Å². The van der Waals surface area contributed by atoms with Crippen LogP contribution in [-0.4, -0.2) is 6.04 Å². The van der Waals surface area contributed by atoms with E-state index in [1.807, 2.05) is 0 Å². The van der Waals surface area contributed by atoms with Crippen LogP contribution in [0.2, 0.25) is 0 Å². The van der Waals surface area contributed by atoms with Gasteiger partial charge in [-0.25, -0.2) is 0 Å². The van der Waals surface area contributed by atoms with Crippen LogP contribution in [0.15, 0.2) is 23.3 Å². The predicted octanol–water partition coefficient (Wildman–Crippen LogP) is 2.00. The van der Waals surface area contributed by atoms with Gasteiger partial charge in [-0.3, -0.25) is 0 Å². The van der Waals surface area contributed by atoms with Crippen LogP contribution in [0.5, 0.6) is 0 Å². The minimum Gasteiger partial charge on any atom is -0.327 e. The molecule has 1 heteroatoms. The zero-order valence-electron chi connectivity index (χ0n) is 7.01. The van der Waals surface area contributed by atoms with Gasteiger partial charge in [0, 0.05) is 6.04 Å². The molecule has 0 bridgehead atoms. The molecule has 0 aromatic rings. The quantitative estimate of drug-likeness (QED) is 0.560. The Morgan fingerprint density at radius 2 is 2.36 bits per heavy atom. The van der Waals surface area contributed by atoms with Crippen LogP contribution in [0, 0.1) is 5.92 Å². The Kier molecular flexibility index (Phi) is 1.61. The first-order valence-electron chi connectivity index (χ1n) is 4.43. The van der Waals surface area contributed by atoms with Crippen molar-refractivity contribution in [1.29, 1.82) is 0 Å². The maximum absolute atomic E-state index is 5.96. The van der Waals surface area contributed by atoms with Crippen LogP contribution >= 0.6 is 0 Å². The lowest BCUT2D eigenvalue weighted by molar-refractivity contribution is 0.546. The van der Waals surface area contributed by atoms with Crippen LogP contribution in [0.25, 0.3) is 0 Å². The zero-order chi connectivity index (χ0) is 7.84. The lowest BCUT2D eigenvalue weighted by Crippen LogP contribution is -2.24. The highest BCUT2D eigenvalue weighted by atomic mass is 14.7. The summed E-state index contributed by atoms with van der Waals surface area (Å²) in [4.78, 5) is 0. The van der Waals surface area contributed by atoms with Gasteiger partial charge in [-0.2, -0.15) is 0 Å². The molecule has 2 aliphatic rings. The molecule has 0 aromatic carbocycles. The molecule has 0 aliphatic heterocycles. The van der Waals surface area contributed by atoms with Crippen LogP contribution in [0.3, 0.4) is 0 Å². The highest BCUT2D eigenvalue weighted by molar-refractivity contribution is 5.36. The molecule has 2 N–H and O–H groups in total. The van der Waals surface area contributed by atoms with Crippen molar-refractivity contribution in [2.24, 2.45) is 11.7 Å². The Balaban J connectivity index is 2.28. The molecule has 2 unspecified atom stereocenters. The molecule has 2 atom stereocenters. The fourth-order valence-corrected chi connectivity index (χ4v) is 2.14. The van der Waals surface area contributed by atoms with E-state index in [0.29, 0.717) is 12.0 Å². The van der Waals surface area contributed by atoms with E-state index in [1.165, 1.54) is 18.4 Å². The number of hydrogen-bond acceptors (Lipinski definition) is 1. The van der Waals surface area contributed by atoms with Crippen LogP contribution in [0.4, 0.5) is 0 Å². The molecule has 2 rings (SSSR count). The van der Waals surface area contributed by atoms with Crippen LogP contribution in [0.1, 0.15) is 26.2 Å². The summed E-state index contributed by atoms with van der Waals surface area (Å²) in [6.45, 7) is 2.26. The van der Waals surface area contributed by atoms with Gasteiger partial charge in [-0.05, 0) is 30.8 Å². The van der Waals surface area contributed by atoms with Gasteiger partial charge in [-0.1, -0.05) is 24.6 Å². The van der Waals surface area contributed by atoms with E-state index >= 15 is 0 Å². The maximum Gasteiger partial charge on any atom is 0.0143 e. The lowest BCUT2D eigenvalue weighted by Gasteiger charge is -2.14. The molecule has 0 fully saturated rings. The van der Waals surface area contributed by atoms with Crippen molar-refractivity contribution in [2.45, 2.75) is 32.2 Å². The fourth-order valence-electron chi connectivity index (χ4n) is 2.14. The van der Waals surface area contributed by atoms with Crippen molar-refractivity contribution in [1.82, 2.24) is 0 Å². The second-order valence-corrected chi connectivity index (χ2v) is 3.65. The summed E-state index contributed by atoms with van der Waals surface area (Å²) in [5.74, 6) is 0.634. The Hall–Kier alpha value is -0.560. The van der Waals surface area contributed by atoms with Gasteiger partial charge in [-0.15, -0.1) is 0 Å². The maximum atomic E-state index is 5.96. The van der Waals surface area contributed by atoms with E-state index in [2.05, 4.69) is 19.1 Å². The lowest BCUT2D eigenvalue weighted by atomic mass is 9.94. The van der Waals surface area contributed by atoms with E-state index in [-0.39, 0.29) is 0 Å². The van der Waals surface area contributed by atoms with Crippen molar-refractivity contribution in [3.05, 3.63) is 23.3 Å². The standard InChI is InChI=1S/C10H15N/c1-7-9-5-3-2-4-8(9)6-10(7)11/h2,4,7,10H,3,5-6,11H2,1H3. The first-order chi connectivity index (χ1) is 5.29. The van der Waals surface area contributed by atoms with E-state index in [4.69, 9.17) is 5.73 Å². The molecular formula is C10H15N. The zero-order valence-corrected chi connectivity index (χ0v) is 7.01. The number of allylic oxidation sites excluding steroid dienone is 2. The summed E-state index contributed by atoms with van der Waals surface area (Å²) in [6, 6.07) is 0.391. The summed E-state index contributed by atoms with van der Waals surface area (Å²) >= 11 is 0. The molecular weight excluding hydrogens is 134 g/mol. The minimum atomic E-state index is 0.391. The van der Waals surface area contributed by atoms with E-state index < -0.39 is 0 Å².